The van der Waals surface area contributed by atoms with E-state index in [0.29, 0.717) is 17.2 Å². The van der Waals surface area contributed by atoms with E-state index in [1.807, 2.05) is 25.1 Å². The molecule has 0 saturated heterocycles. The number of carbonyl (C=O) groups is 1. The van der Waals surface area contributed by atoms with E-state index in [2.05, 4.69) is 10.4 Å². The number of methoxy groups -OCH3 is 1. The van der Waals surface area contributed by atoms with Crippen LogP contribution >= 0.6 is 0 Å². The number of hydrogen-bond acceptors (Lipinski definition) is 4. The predicted molar refractivity (Wildman–Crippen MR) is 91.4 cm³/mol. The van der Waals surface area contributed by atoms with Gasteiger partial charge in [0, 0.05) is 24.1 Å². The number of ether oxygens (including phenoxy) is 2. The van der Waals surface area contributed by atoms with Gasteiger partial charge in [-0.15, -0.1) is 0 Å². The first-order chi connectivity index (χ1) is 11.7. The molecule has 1 aliphatic rings. The average molecular weight is 329 g/mol. The summed E-state index contributed by atoms with van der Waals surface area (Å²) in [6.07, 6.45) is 8.19. The lowest BCUT2D eigenvalue weighted by Gasteiger charge is -2.18. The largest absolute Gasteiger partial charge is 0.493 e. The number of anilines is 1. The summed E-state index contributed by atoms with van der Waals surface area (Å²) in [4.78, 5) is 12.4. The van der Waals surface area contributed by atoms with E-state index in [-0.39, 0.29) is 18.1 Å². The van der Waals surface area contributed by atoms with E-state index in [9.17, 15) is 4.79 Å². The molecule has 24 heavy (non-hydrogen) atoms. The maximum atomic E-state index is 12.4. The molecule has 1 heterocycles. The zero-order valence-corrected chi connectivity index (χ0v) is 14.1. The highest BCUT2D eigenvalue weighted by molar-refractivity contribution is 5.93. The van der Waals surface area contributed by atoms with Gasteiger partial charge >= 0.3 is 0 Å². The molecule has 1 aromatic carbocycles. The van der Waals surface area contributed by atoms with Gasteiger partial charge in [-0.1, -0.05) is 0 Å². The summed E-state index contributed by atoms with van der Waals surface area (Å²) in [5.41, 5.74) is 0.688. The first-order valence-electron chi connectivity index (χ1n) is 8.32. The Bertz CT molecular complexity index is 679. The second-order valence-corrected chi connectivity index (χ2v) is 6.04. The zero-order valence-electron chi connectivity index (χ0n) is 14.1. The van der Waals surface area contributed by atoms with Gasteiger partial charge in [0.1, 0.15) is 6.04 Å². The summed E-state index contributed by atoms with van der Waals surface area (Å²) in [6.45, 7) is 1.81. The first kappa shape index (κ1) is 16.4. The molecule has 1 saturated carbocycles. The Labute approximate surface area is 141 Å². The van der Waals surface area contributed by atoms with E-state index in [0.717, 1.165) is 12.8 Å². The minimum Gasteiger partial charge on any atom is -0.493 e. The number of benzene rings is 1. The van der Waals surface area contributed by atoms with Crippen molar-refractivity contribution in [3.63, 3.8) is 0 Å². The normalized spacial score (nSPS) is 15.9. The lowest BCUT2D eigenvalue weighted by Crippen LogP contribution is -2.24. The summed E-state index contributed by atoms with van der Waals surface area (Å²) in [6, 6.07) is 6.86. The van der Waals surface area contributed by atoms with Crippen molar-refractivity contribution in [3.8, 4) is 11.5 Å². The molecule has 1 amide bonds. The second-order valence-electron chi connectivity index (χ2n) is 6.04. The Morgan fingerprint density at radius 3 is 2.79 bits per heavy atom. The van der Waals surface area contributed by atoms with Crippen LogP contribution in [0.2, 0.25) is 0 Å². The number of rotatable bonds is 6. The highest BCUT2D eigenvalue weighted by Gasteiger charge is 2.20. The van der Waals surface area contributed by atoms with E-state index in [4.69, 9.17) is 9.47 Å². The molecule has 6 nitrogen and oxygen atoms in total. The monoisotopic (exact) mass is 329 g/mol. The fraction of sp³-hybridized carbons (Fsp3) is 0.444. The van der Waals surface area contributed by atoms with Gasteiger partial charge in [-0.3, -0.25) is 9.48 Å². The standard InChI is InChI=1S/C18H23N3O3/c1-13(21-11-5-10-19-21)18(22)20-14-8-9-16(23-2)17(12-14)24-15-6-3-4-7-15/h5,8-13,15H,3-4,6-7H2,1-2H3,(H,20,22). The molecule has 0 aliphatic heterocycles. The zero-order chi connectivity index (χ0) is 16.9. The van der Waals surface area contributed by atoms with Gasteiger partial charge in [0.2, 0.25) is 5.91 Å². The maximum Gasteiger partial charge on any atom is 0.248 e. The van der Waals surface area contributed by atoms with Gasteiger partial charge in [0.05, 0.1) is 13.2 Å². The molecule has 6 heteroatoms. The molecule has 1 atom stereocenters. The Kier molecular flexibility index (Phi) is 5.03. The molecule has 1 aromatic heterocycles. The van der Waals surface area contributed by atoms with Crippen molar-refractivity contribution < 1.29 is 14.3 Å². The minimum atomic E-state index is -0.388. The molecule has 128 valence electrons. The average Bonchev–Trinajstić information content (AvgIpc) is 3.28. The third kappa shape index (κ3) is 3.69. The fourth-order valence-corrected chi connectivity index (χ4v) is 2.91. The quantitative estimate of drug-likeness (QED) is 0.882. The number of carbonyl (C=O) groups excluding carboxylic acids is 1. The number of nitrogens with zero attached hydrogens (tertiary/aromatic N) is 2. The topological polar surface area (TPSA) is 65.4 Å². The lowest BCUT2D eigenvalue weighted by atomic mass is 10.2. The SMILES string of the molecule is COc1ccc(NC(=O)C(C)n2cccn2)cc1OC1CCCC1. The molecule has 2 aromatic rings. The molecular formula is C18H23N3O3. The maximum absolute atomic E-state index is 12.4. The van der Waals surface area contributed by atoms with Crippen LogP contribution in [0.15, 0.2) is 36.7 Å². The number of hydrogen-bond donors (Lipinski definition) is 1. The van der Waals surface area contributed by atoms with Gasteiger partial charge in [-0.05, 0) is 50.8 Å². The van der Waals surface area contributed by atoms with E-state index < -0.39 is 0 Å². The molecule has 0 radical (unpaired) electrons. The Morgan fingerprint density at radius 1 is 1.33 bits per heavy atom. The number of nitrogens with one attached hydrogen (secondary N) is 1. The van der Waals surface area contributed by atoms with Crippen molar-refractivity contribution in [2.75, 3.05) is 12.4 Å². The highest BCUT2D eigenvalue weighted by atomic mass is 16.5. The van der Waals surface area contributed by atoms with E-state index in [1.165, 1.54) is 12.8 Å². The number of amides is 1. The van der Waals surface area contributed by atoms with Gasteiger partial charge in [0.25, 0.3) is 0 Å². The molecule has 1 aliphatic carbocycles. The second kappa shape index (κ2) is 7.38. The smallest absolute Gasteiger partial charge is 0.248 e. The van der Waals surface area contributed by atoms with Crippen LogP contribution < -0.4 is 14.8 Å². The van der Waals surface area contributed by atoms with Crippen molar-refractivity contribution in [3.05, 3.63) is 36.7 Å². The summed E-state index contributed by atoms with van der Waals surface area (Å²) in [5, 5.41) is 7.01. The van der Waals surface area contributed by atoms with Crippen molar-refractivity contribution in [2.24, 2.45) is 0 Å². The van der Waals surface area contributed by atoms with Gasteiger partial charge in [0.15, 0.2) is 11.5 Å². The van der Waals surface area contributed by atoms with Crippen LogP contribution in [-0.4, -0.2) is 28.9 Å². The molecule has 0 spiro atoms. The van der Waals surface area contributed by atoms with Crippen molar-refractivity contribution in [1.82, 2.24) is 9.78 Å². The number of aromatic nitrogens is 2. The van der Waals surface area contributed by atoms with Crippen LogP contribution in [0.25, 0.3) is 0 Å². The van der Waals surface area contributed by atoms with Crippen LogP contribution in [0, 0.1) is 0 Å². The fourth-order valence-electron chi connectivity index (χ4n) is 2.91. The van der Waals surface area contributed by atoms with Crippen LogP contribution in [-0.2, 0) is 4.79 Å². The Hall–Kier alpha value is -2.50. The molecule has 1 unspecified atom stereocenters. The summed E-state index contributed by atoms with van der Waals surface area (Å²) < 4.78 is 13.0. The lowest BCUT2D eigenvalue weighted by molar-refractivity contribution is -0.119. The molecule has 3 rings (SSSR count). The van der Waals surface area contributed by atoms with Gasteiger partial charge in [-0.25, -0.2) is 0 Å². The third-order valence-electron chi connectivity index (χ3n) is 4.33. The van der Waals surface area contributed by atoms with Crippen molar-refractivity contribution >= 4 is 11.6 Å². The van der Waals surface area contributed by atoms with Crippen LogP contribution in [0.5, 0.6) is 11.5 Å². The predicted octanol–water partition coefficient (Wildman–Crippen LogP) is 3.41. The van der Waals surface area contributed by atoms with Crippen molar-refractivity contribution in [2.45, 2.75) is 44.8 Å². The summed E-state index contributed by atoms with van der Waals surface area (Å²) >= 11 is 0. The molecular weight excluding hydrogens is 306 g/mol. The van der Waals surface area contributed by atoms with Crippen LogP contribution in [0.4, 0.5) is 5.69 Å². The Balaban J connectivity index is 1.72. The molecule has 1 fully saturated rings. The van der Waals surface area contributed by atoms with Crippen molar-refractivity contribution in [1.29, 1.82) is 0 Å². The Morgan fingerprint density at radius 2 is 2.12 bits per heavy atom. The summed E-state index contributed by atoms with van der Waals surface area (Å²) in [7, 11) is 1.62. The summed E-state index contributed by atoms with van der Waals surface area (Å²) in [5.74, 6) is 1.23. The molecule has 0 bridgehead atoms. The van der Waals surface area contributed by atoms with E-state index >= 15 is 0 Å². The highest BCUT2D eigenvalue weighted by Crippen LogP contribution is 2.34. The molecule has 1 N–H and O–H groups in total. The minimum absolute atomic E-state index is 0.129. The first-order valence-corrected chi connectivity index (χ1v) is 8.32. The van der Waals surface area contributed by atoms with Gasteiger partial charge < -0.3 is 14.8 Å². The van der Waals surface area contributed by atoms with Crippen LogP contribution in [0.1, 0.15) is 38.6 Å². The van der Waals surface area contributed by atoms with Gasteiger partial charge in [-0.2, -0.15) is 5.10 Å². The van der Waals surface area contributed by atoms with E-state index in [1.54, 1.807) is 30.3 Å². The third-order valence-corrected chi connectivity index (χ3v) is 4.33. The van der Waals surface area contributed by atoms with Crippen LogP contribution in [0.3, 0.4) is 0 Å².